The maximum atomic E-state index is 13.3. The molecule has 4 rings (SSSR count). The number of aromatic amines is 1. The van der Waals surface area contributed by atoms with Gasteiger partial charge in [-0.1, -0.05) is 63.1 Å². The van der Waals surface area contributed by atoms with Gasteiger partial charge in [-0.3, -0.25) is 9.89 Å². The molecule has 0 bridgehead atoms. The molecule has 0 aliphatic carbocycles. The fraction of sp³-hybridized carbons (Fsp3) is 0.360. The van der Waals surface area contributed by atoms with Crippen LogP contribution in [0.15, 0.2) is 48.5 Å². The molecule has 0 radical (unpaired) electrons. The highest BCUT2D eigenvalue weighted by Crippen LogP contribution is 2.43. The third kappa shape index (κ3) is 4.33. The Morgan fingerprint density at radius 3 is 2.48 bits per heavy atom. The minimum absolute atomic E-state index is 0.00955. The number of nitrogens with one attached hydrogen (secondary N) is 1. The van der Waals surface area contributed by atoms with Gasteiger partial charge in [0.1, 0.15) is 11.4 Å². The number of H-pyrrole nitrogens is 1. The minimum Gasteiger partial charge on any atom is -0.494 e. The van der Waals surface area contributed by atoms with Crippen molar-refractivity contribution in [1.82, 2.24) is 15.1 Å². The van der Waals surface area contributed by atoms with Crippen molar-refractivity contribution in [2.24, 2.45) is 5.92 Å². The van der Waals surface area contributed by atoms with E-state index in [1.54, 1.807) is 0 Å². The lowest BCUT2D eigenvalue weighted by atomic mass is 9.95. The molecule has 0 fully saturated rings. The molecular weight excluding hydrogens is 410 g/mol. The van der Waals surface area contributed by atoms with Crippen LogP contribution in [0.5, 0.6) is 5.75 Å². The summed E-state index contributed by atoms with van der Waals surface area (Å²) in [6.07, 6.45) is 2.13. The summed E-state index contributed by atoms with van der Waals surface area (Å²) in [6, 6.07) is 15.5. The first-order valence-corrected chi connectivity index (χ1v) is 11.2. The zero-order chi connectivity index (χ0) is 22.0. The van der Waals surface area contributed by atoms with Crippen LogP contribution in [0.2, 0.25) is 5.02 Å². The predicted octanol–water partition coefficient (Wildman–Crippen LogP) is 6.11. The molecule has 162 valence electrons. The topological polar surface area (TPSA) is 58.2 Å². The first-order valence-electron chi connectivity index (χ1n) is 10.9. The summed E-state index contributed by atoms with van der Waals surface area (Å²) in [4.78, 5) is 15.2. The molecule has 31 heavy (non-hydrogen) atoms. The monoisotopic (exact) mass is 437 g/mol. The number of amides is 1. The number of hydrogen-bond donors (Lipinski definition) is 1. The summed E-state index contributed by atoms with van der Waals surface area (Å²) >= 11 is 6.08. The van der Waals surface area contributed by atoms with Gasteiger partial charge in [-0.15, -0.1) is 0 Å². The van der Waals surface area contributed by atoms with Gasteiger partial charge in [-0.2, -0.15) is 5.10 Å². The van der Waals surface area contributed by atoms with Gasteiger partial charge < -0.3 is 9.64 Å². The number of halogens is 1. The van der Waals surface area contributed by atoms with E-state index in [0.717, 1.165) is 41.0 Å². The van der Waals surface area contributed by atoms with E-state index in [2.05, 4.69) is 43.1 Å². The van der Waals surface area contributed by atoms with Crippen molar-refractivity contribution in [3.05, 3.63) is 70.4 Å². The average Bonchev–Trinajstić information content (AvgIpc) is 3.29. The molecule has 1 unspecified atom stereocenters. The van der Waals surface area contributed by atoms with Crippen LogP contribution in [-0.4, -0.2) is 34.2 Å². The Bertz CT molecular complexity index is 1040. The minimum atomic E-state index is -0.195. The molecular formula is C25H28ClN3O2. The van der Waals surface area contributed by atoms with Gasteiger partial charge in [-0.25, -0.2) is 0 Å². The van der Waals surface area contributed by atoms with E-state index in [9.17, 15) is 4.79 Å². The second kappa shape index (κ2) is 9.15. The summed E-state index contributed by atoms with van der Waals surface area (Å²) in [5.74, 6) is 1.19. The first kappa shape index (κ1) is 21.4. The standard InChI is InChI=1S/C25H28ClN3O2/c1-4-5-14-31-20-12-8-18(9-13-20)24-21-22(17-6-10-19(26)11-7-17)27-28-23(21)25(30)29(24)15-16(2)3/h6-13,16,24H,4-5,14-15H2,1-3H3,(H,27,28). The molecule has 1 aliphatic rings. The molecule has 1 aromatic heterocycles. The lowest BCUT2D eigenvalue weighted by Crippen LogP contribution is -2.32. The fourth-order valence-corrected chi connectivity index (χ4v) is 4.16. The maximum Gasteiger partial charge on any atom is 0.273 e. The van der Waals surface area contributed by atoms with Gasteiger partial charge in [0.15, 0.2) is 0 Å². The van der Waals surface area contributed by atoms with E-state index in [4.69, 9.17) is 16.3 Å². The Labute approximate surface area is 188 Å². The molecule has 2 aromatic carbocycles. The Morgan fingerprint density at radius 2 is 1.84 bits per heavy atom. The number of unbranched alkanes of at least 4 members (excludes halogenated alkanes) is 1. The van der Waals surface area contributed by atoms with Crippen molar-refractivity contribution in [1.29, 1.82) is 0 Å². The number of carbonyl (C=O) groups is 1. The highest BCUT2D eigenvalue weighted by molar-refractivity contribution is 6.30. The van der Waals surface area contributed by atoms with Crippen LogP contribution in [0.3, 0.4) is 0 Å². The van der Waals surface area contributed by atoms with E-state index in [-0.39, 0.29) is 11.9 Å². The molecule has 0 saturated carbocycles. The molecule has 0 spiro atoms. The van der Waals surface area contributed by atoms with Crippen molar-refractivity contribution in [2.75, 3.05) is 13.2 Å². The zero-order valence-corrected chi connectivity index (χ0v) is 18.9. The number of benzene rings is 2. The normalized spacial score (nSPS) is 15.6. The molecule has 3 aromatic rings. The van der Waals surface area contributed by atoms with Crippen LogP contribution >= 0.6 is 11.6 Å². The Kier molecular flexibility index (Phi) is 6.33. The van der Waals surface area contributed by atoms with E-state index in [0.29, 0.717) is 29.8 Å². The molecule has 6 heteroatoms. The smallest absolute Gasteiger partial charge is 0.273 e. The second-order valence-electron chi connectivity index (χ2n) is 8.39. The van der Waals surface area contributed by atoms with Crippen LogP contribution in [0.1, 0.15) is 61.3 Å². The first-order chi connectivity index (χ1) is 15.0. The highest BCUT2D eigenvalue weighted by Gasteiger charge is 2.42. The molecule has 2 heterocycles. The zero-order valence-electron chi connectivity index (χ0n) is 18.2. The molecule has 5 nitrogen and oxygen atoms in total. The van der Waals surface area contributed by atoms with Gasteiger partial charge in [0.05, 0.1) is 18.3 Å². The summed E-state index contributed by atoms with van der Waals surface area (Å²) in [5.41, 5.74) is 4.27. The number of hydrogen-bond acceptors (Lipinski definition) is 3. The summed E-state index contributed by atoms with van der Waals surface area (Å²) in [7, 11) is 0. The van der Waals surface area contributed by atoms with Crippen LogP contribution in [-0.2, 0) is 0 Å². The van der Waals surface area contributed by atoms with E-state index in [1.165, 1.54) is 0 Å². The third-order valence-corrected chi connectivity index (χ3v) is 5.76. The van der Waals surface area contributed by atoms with Crippen molar-refractivity contribution in [3.8, 4) is 17.0 Å². The number of aromatic nitrogens is 2. The van der Waals surface area contributed by atoms with Gasteiger partial charge >= 0.3 is 0 Å². The lowest BCUT2D eigenvalue weighted by Gasteiger charge is -2.28. The van der Waals surface area contributed by atoms with Crippen molar-refractivity contribution in [3.63, 3.8) is 0 Å². The molecule has 1 N–H and O–H groups in total. The maximum absolute atomic E-state index is 13.3. The number of carbonyl (C=O) groups excluding carboxylic acids is 1. The van der Waals surface area contributed by atoms with E-state index < -0.39 is 0 Å². The molecule has 1 atom stereocenters. The number of rotatable bonds is 8. The van der Waals surface area contributed by atoms with Gasteiger partial charge in [0, 0.05) is 22.7 Å². The Morgan fingerprint density at radius 1 is 1.13 bits per heavy atom. The largest absolute Gasteiger partial charge is 0.494 e. The van der Waals surface area contributed by atoms with Crippen molar-refractivity contribution >= 4 is 17.5 Å². The predicted molar refractivity (Wildman–Crippen MR) is 124 cm³/mol. The van der Waals surface area contributed by atoms with Gasteiger partial charge in [-0.05, 0) is 42.2 Å². The Balaban J connectivity index is 1.73. The van der Waals surface area contributed by atoms with Crippen LogP contribution in [0.4, 0.5) is 0 Å². The highest BCUT2D eigenvalue weighted by atomic mass is 35.5. The summed E-state index contributed by atoms with van der Waals surface area (Å²) in [6.45, 7) is 7.78. The average molecular weight is 438 g/mol. The van der Waals surface area contributed by atoms with Gasteiger partial charge in [0.2, 0.25) is 0 Å². The summed E-state index contributed by atoms with van der Waals surface area (Å²) < 4.78 is 5.82. The number of ether oxygens (including phenoxy) is 1. The number of nitrogens with zero attached hydrogens (tertiary/aromatic N) is 2. The Hall–Kier alpha value is -2.79. The SMILES string of the molecule is CCCCOc1ccc(C2c3c(-c4ccc(Cl)cc4)n[nH]c3C(=O)N2CC(C)C)cc1. The molecule has 1 aliphatic heterocycles. The van der Waals surface area contributed by atoms with E-state index in [1.807, 2.05) is 41.3 Å². The number of fused-ring (bicyclic) bond motifs is 1. The summed E-state index contributed by atoms with van der Waals surface area (Å²) in [5, 5.41) is 8.17. The fourth-order valence-electron chi connectivity index (χ4n) is 4.03. The van der Waals surface area contributed by atoms with Crippen molar-refractivity contribution in [2.45, 2.75) is 39.7 Å². The third-order valence-electron chi connectivity index (χ3n) is 5.51. The van der Waals surface area contributed by atoms with Crippen molar-refractivity contribution < 1.29 is 9.53 Å². The van der Waals surface area contributed by atoms with Crippen LogP contribution < -0.4 is 4.74 Å². The quantitative estimate of drug-likeness (QED) is 0.432. The van der Waals surface area contributed by atoms with Gasteiger partial charge in [0.25, 0.3) is 5.91 Å². The molecule has 1 amide bonds. The van der Waals surface area contributed by atoms with Crippen LogP contribution in [0, 0.1) is 5.92 Å². The lowest BCUT2D eigenvalue weighted by molar-refractivity contribution is 0.0722. The van der Waals surface area contributed by atoms with Crippen LogP contribution in [0.25, 0.3) is 11.3 Å². The molecule has 0 saturated heterocycles. The van der Waals surface area contributed by atoms with E-state index >= 15 is 0 Å². The second-order valence-corrected chi connectivity index (χ2v) is 8.83.